The van der Waals surface area contributed by atoms with E-state index >= 15 is 0 Å². The predicted octanol–water partition coefficient (Wildman–Crippen LogP) is 2.62. The van der Waals surface area contributed by atoms with Crippen LogP contribution in [0.2, 0.25) is 0 Å². The molecule has 0 aromatic heterocycles. The van der Waals surface area contributed by atoms with Gasteiger partial charge >= 0.3 is 0 Å². The number of ether oxygens (including phenoxy) is 1. The number of thioether (sulfide) groups is 1. The zero-order valence-electron chi connectivity index (χ0n) is 13.5. The molecule has 5 nitrogen and oxygen atoms in total. The molecule has 23 heavy (non-hydrogen) atoms. The minimum absolute atomic E-state index is 0.0115. The highest BCUT2D eigenvalue weighted by Crippen LogP contribution is 2.36. The molecule has 2 amide bonds. The lowest BCUT2D eigenvalue weighted by Crippen LogP contribution is -2.35. The van der Waals surface area contributed by atoms with Crippen molar-refractivity contribution in [3.05, 3.63) is 23.8 Å². The van der Waals surface area contributed by atoms with Crippen molar-refractivity contribution >= 4 is 29.3 Å². The number of amides is 2. The van der Waals surface area contributed by atoms with Crippen LogP contribution in [-0.2, 0) is 9.53 Å². The Morgan fingerprint density at radius 3 is 3.00 bits per heavy atom. The third-order valence-electron chi connectivity index (χ3n) is 4.33. The van der Waals surface area contributed by atoms with E-state index in [0.29, 0.717) is 18.0 Å². The van der Waals surface area contributed by atoms with Crippen LogP contribution in [0, 0.1) is 5.92 Å². The van der Waals surface area contributed by atoms with Crippen LogP contribution in [0.25, 0.3) is 0 Å². The largest absolute Gasteiger partial charge is 0.381 e. The van der Waals surface area contributed by atoms with Crippen molar-refractivity contribution in [3.8, 4) is 0 Å². The van der Waals surface area contributed by atoms with Gasteiger partial charge in [0.05, 0.1) is 17.5 Å². The molecule has 124 valence electrons. The lowest BCUT2D eigenvalue weighted by atomic mass is 10.1. The van der Waals surface area contributed by atoms with Crippen molar-refractivity contribution in [3.63, 3.8) is 0 Å². The van der Waals surface area contributed by atoms with E-state index in [4.69, 9.17) is 4.74 Å². The van der Waals surface area contributed by atoms with E-state index in [1.807, 2.05) is 30.9 Å². The number of fused-ring (bicyclic) bond motifs is 1. The average molecular weight is 334 g/mol. The summed E-state index contributed by atoms with van der Waals surface area (Å²) in [6.07, 6.45) is 1.01. The number of nitrogens with one attached hydrogen (secondary N) is 1. The van der Waals surface area contributed by atoms with Gasteiger partial charge in [-0.15, -0.1) is 11.8 Å². The summed E-state index contributed by atoms with van der Waals surface area (Å²) in [5.74, 6) is 0.426. The number of rotatable bonds is 4. The second-order valence-electron chi connectivity index (χ2n) is 6.03. The summed E-state index contributed by atoms with van der Waals surface area (Å²) in [6.45, 7) is 6.79. The van der Waals surface area contributed by atoms with Crippen LogP contribution in [-0.4, -0.2) is 48.3 Å². The van der Waals surface area contributed by atoms with Crippen LogP contribution in [0.1, 0.15) is 30.6 Å². The van der Waals surface area contributed by atoms with Crippen LogP contribution in [0.15, 0.2) is 23.1 Å². The summed E-state index contributed by atoms with van der Waals surface area (Å²) < 4.78 is 5.40. The SMILES string of the molecule is CCN(CC1CCOC1)C(=O)c1ccc2c(c1)NC(=O)C(C)S2. The average Bonchev–Trinajstić information content (AvgIpc) is 3.06. The molecule has 1 saturated heterocycles. The number of carbonyl (C=O) groups is 2. The third kappa shape index (κ3) is 3.53. The van der Waals surface area contributed by atoms with Gasteiger partial charge in [-0.05, 0) is 38.5 Å². The molecule has 0 radical (unpaired) electrons. The van der Waals surface area contributed by atoms with E-state index < -0.39 is 0 Å². The number of benzene rings is 1. The molecule has 2 heterocycles. The summed E-state index contributed by atoms with van der Waals surface area (Å²) in [6, 6.07) is 5.57. The molecule has 0 bridgehead atoms. The Labute approximate surface area is 140 Å². The molecule has 1 fully saturated rings. The zero-order chi connectivity index (χ0) is 16.4. The number of anilines is 1. The Morgan fingerprint density at radius 2 is 2.30 bits per heavy atom. The molecule has 2 aliphatic rings. The Balaban J connectivity index is 1.76. The fraction of sp³-hybridized carbons (Fsp3) is 0.529. The smallest absolute Gasteiger partial charge is 0.253 e. The van der Waals surface area contributed by atoms with E-state index in [2.05, 4.69) is 5.32 Å². The second-order valence-corrected chi connectivity index (χ2v) is 7.42. The quantitative estimate of drug-likeness (QED) is 0.919. The van der Waals surface area contributed by atoms with E-state index in [1.165, 1.54) is 11.8 Å². The topological polar surface area (TPSA) is 58.6 Å². The third-order valence-corrected chi connectivity index (χ3v) is 5.51. The molecule has 0 saturated carbocycles. The molecule has 6 heteroatoms. The lowest BCUT2D eigenvalue weighted by Gasteiger charge is -2.25. The number of hydrogen-bond acceptors (Lipinski definition) is 4. The molecule has 3 rings (SSSR count). The maximum Gasteiger partial charge on any atom is 0.253 e. The van der Waals surface area contributed by atoms with E-state index in [-0.39, 0.29) is 17.1 Å². The molecular formula is C17H22N2O3S. The van der Waals surface area contributed by atoms with Crippen molar-refractivity contribution in [2.24, 2.45) is 5.92 Å². The molecule has 0 spiro atoms. The highest BCUT2D eigenvalue weighted by Gasteiger charge is 2.26. The predicted molar refractivity (Wildman–Crippen MR) is 90.9 cm³/mol. The molecular weight excluding hydrogens is 312 g/mol. The van der Waals surface area contributed by atoms with Gasteiger partial charge in [-0.1, -0.05) is 0 Å². The van der Waals surface area contributed by atoms with Gasteiger partial charge in [-0.25, -0.2) is 0 Å². The lowest BCUT2D eigenvalue weighted by molar-refractivity contribution is -0.115. The van der Waals surface area contributed by atoms with Gasteiger partial charge in [0.25, 0.3) is 5.91 Å². The summed E-state index contributed by atoms with van der Waals surface area (Å²) in [5.41, 5.74) is 1.36. The Kier molecular flexibility index (Phi) is 4.92. The number of carbonyl (C=O) groups excluding carboxylic acids is 2. The zero-order valence-corrected chi connectivity index (χ0v) is 14.3. The van der Waals surface area contributed by atoms with Crippen molar-refractivity contribution in [2.75, 3.05) is 31.6 Å². The molecule has 1 aromatic carbocycles. The van der Waals surface area contributed by atoms with E-state index in [1.54, 1.807) is 6.07 Å². The number of hydrogen-bond donors (Lipinski definition) is 1. The van der Waals surface area contributed by atoms with Gasteiger partial charge in [0.2, 0.25) is 5.91 Å². The molecule has 1 N–H and O–H groups in total. The fourth-order valence-electron chi connectivity index (χ4n) is 2.92. The molecule has 1 aromatic rings. The van der Waals surface area contributed by atoms with Crippen LogP contribution in [0.3, 0.4) is 0 Å². The maximum absolute atomic E-state index is 12.8. The minimum Gasteiger partial charge on any atom is -0.381 e. The van der Waals surface area contributed by atoms with Crippen molar-refractivity contribution in [1.82, 2.24) is 4.90 Å². The Morgan fingerprint density at radius 1 is 1.48 bits per heavy atom. The van der Waals surface area contributed by atoms with Crippen LogP contribution in [0.4, 0.5) is 5.69 Å². The normalized spacial score (nSPS) is 23.3. The monoisotopic (exact) mass is 334 g/mol. The summed E-state index contributed by atoms with van der Waals surface area (Å²) >= 11 is 1.53. The first-order valence-corrected chi connectivity index (χ1v) is 8.95. The van der Waals surface area contributed by atoms with Gasteiger partial charge < -0.3 is 15.0 Å². The van der Waals surface area contributed by atoms with Crippen LogP contribution < -0.4 is 5.32 Å². The van der Waals surface area contributed by atoms with Gasteiger partial charge in [0.1, 0.15) is 0 Å². The molecule has 2 atom stereocenters. The molecule has 2 aliphatic heterocycles. The Bertz CT molecular complexity index is 614. The summed E-state index contributed by atoms with van der Waals surface area (Å²) in [5, 5.41) is 2.79. The summed E-state index contributed by atoms with van der Waals surface area (Å²) in [7, 11) is 0. The van der Waals surface area contributed by atoms with Crippen LogP contribution in [0.5, 0.6) is 0 Å². The first kappa shape index (κ1) is 16.3. The van der Waals surface area contributed by atoms with Gasteiger partial charge in [-0.2, -0.15) is 0 Å². The van der Waals surface area contributed by atoms with Crippen LogP contribution >= 0.6 is 11.8 Å². The second kappa shape index (κ2) is 6.93. The minimum atomic E-state index is -0.0986. The van der Waals surface area contributed by atoms with Gasteiger partial charge in [-0.3, -0.25) is 9.59 Å². The summed E-state index contributed by atoms with van der Waals surface area (Å²) in [4.78, 5) is 27.5. The van der Waals surface area contributed by atoms with E-state index in [9.17, 15) is 9.59 Å². The first-order chi connectivity index (χ1) is 11.1. The van der Waals surface area contributed by atoms with Gasteiger partial charge in [0, 0.05) is 36.1 Å². The molecule has 0 aliphatic carbocycles. The number of nitrogens with zero attached hydrogens (tertiary/aromatic N) is 1. The highest BCUT2D eigenvalue weighted by molar-refractivity contribution is 8.00. The fourth-order valence-corrected chi connectivity index (χ4v) is 3.85. The Hall–Kier alpha value is -1.53. The van der Waals surface area contributed by atoms with E-state index in [0.717, 1.165) is 36.8 Å². The highest BCUT2D eigenvalue weighted by atomic mass is 32.2. The van der Waals surface area contributed by atoms with Crippen molar-refractivity contribution in [1.29, 1.82) is 0 Å². The van der Waals surface area contributed by atoms with Gasteiger partial charge in [0.15, 0.2) is 0 Å². The van der Waals surface area contributed by atoms with Crippen molar-refractivity contribution < 1.29 is 14.3 Å². The first-order valence-electron chi connectivity index (χ1n) is 8.07. The van der Waals surface area contributed by atoms with Crippen molar-refractivity contribution in [2.45, 2.75) is 30.4 Å². The maximum atomic E-state index is 12.8. The standard InChI is InChI=1S/C17H22N2O3S/c1-3-19(9-12-6-7-22-10-12)17(21)13-4-5-15-14(8-13)18-16(20)11(2)23-15/h4-5,8,11-12H,3,6-7,9-10H2,1-2H3,(H,18,20). The molecule has 2 unspecified atom stereocenters.